The molecule has 0 aliphatic carbocycles. The van der Waals surface area contributed by atoms with E-state index >= 15 is 0 Å². The summed E-state index contributed by atoms with van der Waals surface area (Å²) in [5, 5.41) is 2.77. The summed E-state index contributed by atoms with van der Waals surface area (Å²) in [5.74, 6) is 0. The van der Waals surface area contributed by atoms with Crippen molar-refractivity contribution in [1.82, 2.24) is 5.32 Å². The van der Waals surface area contributed by atoms with Gasteiger partial charge in [0, 0.05) is 4.47 Å². The quantitative estimate of drug-likeness (QED) is 0.838. The molecule has 1 N–H and O–H groups in total. The third-order valence-electron chi connectivity index (χ3n) is 2.28. The van der Waals surface area contributed by atoms with Crippen molar-refractivity contribution in [3.8, 4) is 0 Å². The van der Waals surface area contributed by atoms with Crippen molar-refractivity contribution < 1.29 is 9.53 Å². The molecule has 2 rings (SSSR count). The lowest BCUT2D eigenvalue weighted by Crippen LogP contribution is -2.21. The Hall–Kier alpha value is -1.03. The lowest BCUT2D eigenvalue weighted by Gasteiger charge is -2.14. The van der Waals surface area contributed by atoms with Gasteiger partial charge in [-0.2, -0.15) is 0 Å². The fourth-order valence-electron chi connectivity index (χ4n) is 1.57. The molecule has 14 heavy (non-hydrogen) atoms. The molecule has 1 aromatic rings. The summed E-state index contributed by atoms with van der Waals surface area (Å²) >= 11 is 3.45. The Morgan fingerprint density at radius 2 is 2.14 bits per heavy atom. The van der Waals surface area contributed by atoms with Crippen LogP contribution in [0.3, 0.4) is 0 Å². The monoisotopic (exact) mass is 255 g/mol. The second-order valence-electron chi connectivity index (χ2n) is 3.25. The number of carbonyl (C=O) groups excluding carboxylic acids is 1. The van der Waals surface area contributed by atoms with Gasteiger partial charge in [-0.15, -0.1) is 0 Å². The molecule has 74 valence electrons. The number of hydrogen-bond donors (Lipinski definition) is 1. The highest BCUT2D eigenvalue weighted by Crippen LogP contribution is 2.29. The standard InChI is InChI=1S/C10H10BrNO2/c1-6-9(12-10(13)14-6)7-4-2-3-5-8(7)11/h2-6,9H,1H3,(H,12,13). The smallest absolute Gasteiger partial charge is 0.408 e. The van der Waals surface area contributed by atoms with Gasteiger partial charge in [0.25, 0.3) is 0 Å². The van der Waals surface area contributed by atoms with Crippen LogP contribution in [-0.4, -0.2) is 12.2 Å². The summed E-state index contributed by atoms with van der Waals surface area (Å²) in [4.78, 5) is 11.0. The van der Waals surface area contributed by atoms with Crippen molar-refractivity contribution in [2.45, 2.75) is 19.1 Å². The van der Waals surface area contributed by atoms with Gasteiger partial charge in [-0.05, 0) is 18.6 Å². The maximum atomic E-state index is 11.0. The summed E-state index contributed by atoms with van der Waals surface area (Å²) in [6.07, 6.45) is -0.473. The Labute approximate surface area is 90.6 Å². The van der Waals surface area contributed by atoms with E-state index in [9.17, 15) is 4.79 Å². The van der Waals surface area contributed by atoms with Gasteiger partial charge in [-0.1, -0.05) is 34.1 Å². The summed E-state index contributed by atoms with van der Waals surface area (Å²) in [5.41, 5.74) is 1.05. The van der Waals surface area contributed by atoms with Crippen molar-refractivity contribution >= 4 is 22.0 Å². The second kappa shape index (κ2) is 3.61. The molecular formula is C10H10BrNO2. The number of amides is 1. The van der Waals surface area contributed by atoms with Gasteiger partial charge >= 0.3 is 6.09 Å². The molecule has 1 amide bonds. The van der Waals surface area contributed by atoms with Gasteiger partial charge in [-0.3, -0.25) is 0 Å². The predicted octanol–water partition coefficient (Wildman–Crippen LogP) is 2.62. The molecule has 1 fully saturated rings. The number of alkyl carbamates (subject to hydrolysis) is 1. The maximum absolute atomic E-state index is 11.0. The van der Waals surface area contributed by atoms with E-state index in [1.165, 1.54) is 0 Å². The Kier molecular flexibility index (Phi) is 2.46. The Balaban J connectivity index is 2.32. The van der Waals surface area contributed by atoms with Gasteiger partial charge in [0.15, 0.2) is 0 Å². The third-order valence-corrected chi connectivity index (χ3v) is 3.00. The number of halogens is 1. The summed E-state index contributed by atoms with van der Waals surface area (Å²) in [7, 11) is 0. The molecule has 1 aliphatic rings. The molecule has 1 aromatic carbocycles. The van der Waals surface area contributed by atoms with Crippen LogP contribution in [0.2, 0.25) is 0 Å². The molecule has 0 saturated carbocycles. The van der Waals surface area contributed by atoms with E-state index in [1.54, 1.807) is 0 Å². The number of hydrogen-bond acceptors (Lipinski definition) is 2. The normalized spacial score (nSPS) is 25.7. The molecular weight excluding hydrogens is 246 g/mol. The number of nitrogens with one attached hydrogen (secondary N) is 1. The van der Waals surface area contributed by atoms with Gasteiger partial charge in [0.05, 0.1) is 6.04 Å². The Morgan fingerprint density at radius 1 is 1.43 bits per heavy atom. The highest BCUT2D eigenvalue weighted by molar-refractivity contribution is 9.10. The SMILES string of the molecule is CC1OC(=O)NC1c1ccccc1Br. The lowest BCUT2D eigenvalue weighted by molar-refractivity contribution is 0.141. The molecule has 4 heteroatoms. The van der Waals surface area contributed by atoms with E-state index in [-0.39, 0.29) is 18.2 Å². The number of ether oxygens (including phenoxy) is 1. The van der Waals surface area contributed by atoms with E-state index in [2.05, 4.69) is 21.2 Å². The number of cyclic esters (lactones) is 1. The summed E-state index contributed by atoms with van der Waals surface area (Å²) in [6, 6.07) is 7.75. The fourth-order valence-corrected chi connectivity index (χ4v) is 2.10. The lowest BCUT2D eigenvalue weighted by atomic mass is 10.0. The van der Waals surface area contributed by atoms with Crippen molar-refractivity contribution in [3.05, 3.63) is 34.3 Å². The summed E-state index contributed by atoms with van der Waals surface area (Å²) in [6.45, 7) is 1.88. The Bertz CT molecular complexity index is 367. The first-order chi connectivity index (χ1) is 6.68. The number of carbonyl (C=O) groups is 1. The fraction of sp³-hybridized carbons (Fsp3) is 0.300. The predicted molar refractivity (Wildman–Crippen MR) is 56.0 cm³/mol. The molecule has 0 radical (unpaired) electrons. The van der Waals surface area contributed by atoms with Crippen LogP contribution in [0.25, 0.3) is 0 Å². The molecule has 3 nitrogen and oxygen atoms in total. The van der Waals surface area contributed by atoms with Crippen LogP contribution in [0.15, 0.2) is 28.7 Å². The summed E-state index contributed by atoms with van der Waals surface area (Å²) < 4.78 is 6.00. The maximum Gasteiger partial charge on any atom is 0.408 e. The highest BCUT2D eigenvalue weighted by atomic mass is 79.9. The van der Waals surface area contributed by atoms with Gasteiger partial charge < -0.3 is 10.1 Å². The molecule has 2 atom stereocenters. The third kappa shape index (κ3) is 1.62. The van der Waals surface area contributed by atoms with E-state index in [0.717, 1.165) is 10.0 Å². The zero-order valence-corrected chi connectivity index (χ0v) is 9.24. The van der Waals surface area contributed by atoms with Crippen LogP contribution in [0, 0.1) is 0 Å². The number of rotatable bonds is 1. The van der Waals surface area contributed by atoms with Crippen molar-refractivity contribution in [1.29, 1.82) is 0 Å². The van der Waals surface area contributed by atoms with Crippen LogP contribution >= 0.6 is 15.9 Å². The van der Waals surface area contributed by atoms with Crippen molar-refractivity contribution in [2.24, 2.45) is 0 Å². The average Bonchev–Trinajstić information content (AvgIpc) is 2.46. The van der Waals surface area contributed by atoms with Crippen molar-refractivity contribution in [2.75, 3.05) is 0 Å². The van der Waals surface area contributed by atoms with Crippen LogP contribution in [0.5, 0.6) is 0 Å². The van der Waals surface area contributed by atoms with E-state index in [4.69, 9.17) is 4.74 Å². The van der Waals surface area contributed by atoms with E-state index in [1.807, 2.05) is 31.2 Å². The largest absolute Gasteiger partial charge is 0.444 e. The van der Waals surface area contributed by atoms with Gasteiger partial charge in [0.2, 0.25) is 0 Å². The molecule has 1 saturated heterocycles. The minimum Gasteiger partial charge on any atom is -0.444 e. The Morgan fingerprint density at radius 3 is 2.71 bits per heavy atom. The van der Waals surface area contributed by atoms with Crippen LogP contribution in [0.1, 0.15) is 18.5 Å². The zero-order chi connectivity index (χ0) is 10.1. The van der Waals surface area contributed by atoms with Gasteiger partial charge in [-0.25, -0.2) is 4.79 Å². The van der Waals surface area contributed by atoms with Crippen molar-refractivity contribution in [3.63, 3.8) is 0 Å². The topological polar surface area (TPSA) is 38.3 Å². The minimum atomic E-state index is -0.349. The van der Waals surface area contributed by atoms with Crippen LogP contribution < -0.4 is 5.32 Å². The molecule has 2 unspecified atom stereocenters. The highest BCUT2D eigenvalue weighted by Gasteiger charge is 2.32. The first-order valence-corrected chi connectivity index (χ1v) is 5.19. The molecule has 0 aromatic heterocycles. The molecule has 1 aliphatic heterocycles. The van der Waals surface area contributed by atoms with Crippen LogP contribution in [-0.2, 0) is 4.74 Å². The second-order valence-corrected chi connectivity index (χ2v) is 4.11. The molecule has 0 spiro atoms. The minimum absolute atomic E-state index is 0.0573. The van der Waals surface area contributed by atoms with E-state index in [0.29, 0.717) is 0 Å². The zero-order valence-electron chi connectivity index (χ0n) is 7.66. The molecule has 1 heterocycles. The van der Waals surface area contributed by atoms with Crippen LogP contribution in [0.4, 0.5) is 4.79 Å². The van der Waals surface area contributed by atoms with Gasteiger partial charge in [0.1, 0.15) is 6.10 Å². The average molecular weight is 256 g/mol. The molecule has 0 bridgehead atoms. The first-order valence-electron chi connectivity index (χ1n) is 4.40. The number of benzene rings is 1. The first kappa shape index (κ1) is 9.52. The van der Waals surface area contributed by atoms with E-state index < -0.39 is 0 Å².